The molecule has 0 aromatic carbocycles. The molecular formula is CClNNa2O. The topological polar surface area (TPSA) is 46.8 Å². The van der Waals surface area contributed by atoms with E-state index >= 15 is 0 Å². The van der Waals surface area contributed by atoms with Gasteiger partial charge in [0.2, 0.25) is 0 Å². The summed E-state index contributed by atoms with van der Waals surface area (Å²) in [4.78, 5) is 0. The number of halogens is 1. The minimum Gasteiger partial charge on any atom is -0.769 e. The molecule has 0 radical (unpaired) electrons. The smallest absolute Gasteiger partial charge is 0.769 e. The molecule has 0 rings (SSSR count). The van der Waals surface area contributed by atoms with Crippen LogP contribution in [0.4, 0.5) is 0 Å². The van der Waals surface area contributed by atoms with Gasteiger partial charge in [-0.05, 0) is 0 Å². The molecule has 0 bridgehead atoms. The van der Waals surface area contributed by atoms with Gasteiger partial charge < -0.3 is 4.66 Å². The van der Waals surface area contributed by atoms with Crippen molar-refractivity contribution >= 4 is 39.8 Å². The van der Waals surface area contributed by atoms with Gasteiger partial charge in [0.25, 0.3) is 0 Å². The minimum absolute atomic E-state index is 0. The van der Waals surface area contributed by atoms with E-state index in [-0.39, 0.29) is 29.6 Å². The van der Waals surface area contributed by atoms with Crippen LogP contribution in [-0.4, -0.2) is 27.9 Å². The molecule has 0 aliphatic carbocycles. The van der Waals surface area contributed by atoms with Gasteiger partial charge >= 0.3 is 66.1 Å². The SMILES string of the molecule is N#[C][Na].[Na+].[O-]Cl. The van der Waals surface area contributed by atoms with Crippen LogP contribution in [0, 0.1) is 8.58 Å². The third-order valence-corrected chi connectivity index (χ3v) is 0. The molecule has 0 amide bonds. The molecule has 0 aromatic rings. The third kappa shape index (κ3) is 42.6. The molecule has 0 saturated heterocycles. The largest absolute Gasteiger partial charge is 1.00 e. The summed E-state index contributed by atoms with van der Waals surface area (Å²) in [6.07, 6.45) is 0. The fourth-order valence-electron chi connectivity index (χ4n) is 0. The van der Waals surface area contributed by atoms with E-state index in [4.69, 9.17) is 9.92 Å². The molecule has 0 saturated carbocycles. The Morgan fingerprint density at radius 1 is 1.67 bits per heavy atom. The van der Waals surface area contributed by atoms with E-state index in [1.807, 2.05) is 3.32 Å². The van der Waals surface area contributed by atoms with Crippen LogP contribution in [0.1, 0.15) is 0 Å². The molecule has 0 aliphatic rings. The fraction of sp³-hybridized carbons (Fsp3) is 0. The van der Waals surface area contributed by atoms with Gasteiger partial charge in [0, 0.05) is 0 Å². The third-order valence-electron chi connectivity index (χ3n) is 0. The predicted molar refractivity (Wildman–Crippen MR) is 17.2 cm³/mol. The van der Waals surface area contributed by atoms with Crippen LogP contribution in [0.2, 0.25) is 0 Å². The molecule has 2 nitrogen and oxygen atoms in total. The van der Waals surface area contributed by atoms with Crippen LogP contribution in [-0.2, 0) is 0 Å². The maximum Gasteiger partial charge on any atom is 1.00 e. The normalized spacial score (nSPS) is 2.50. The molecule has 24 valence electrons. The number of hydrogen-bond donors (Lipinski definition) is 0. The Hall–Kier alpha value is 1.74. The monoisotopic (exact) mass is 123 g/mol. The van der Waals surface area contributed by atoms with Crippen molar-refractivity contribution in [2.24, 2.45) is 0 Å². The van der Waals surface area contributed by atoms with Gasteiger partial charge in [-0.2, -0.15) is 0 Å². The molecule has 0 unspecified atom stereocenters. The van der Waals surface area contributed by atoms with Gasteiger partial charge in [-0.25, -0.2) is 11.9 Å². The molecule has 5 heteroatoms. The first kappa shape index (κ1) is 15.6. The average Bonchev–Trinajstić information content (AvgIpc) is 1.46. The zero-order chi connectivity index (χ0) is 4.71. The van der Waals surface area contributed by atoms with Gasteiger partial charge in [-0.3, -0.25) is 0 Å². The first-order valence-electron chi connectivity index (χ1n) is 0.878. The second-order valence-electron chi connectivity index (χ2n) is 0.224. The first-order valence-corrected chi connectivity index (χ1v) is 2.19. The van der Waals surface area contributed by atoms with Crippen molar-refractivity contribution < 1.29 is 34.2 Å². The van der Waals surface area contributed by atoms with Crippen LogP contribution in [0.25, 0.3) is 0 Å². The standard InChI is InChI=1S/CN.ClO.2Na/c2*1-2;;/q;-1;;+1. The van der Waals surface area contributed by atoms with Gasteiger partial charge in [0.15, 0.2) is 0 Å². The summed E-state index contributed by atoms with van der Waals surface area (Å²) >= 11 is 4.06. The van der Waals surface area contributed by atoms with Crippen LogP contribution < -0.4 is 34.2 Å². The molecule has 6 heavy (non-hydrogen) atoms. The zero-order valence-electron chi connectivity index (χ0n) is 3.73. The number of nitrogens with zero attached hydrogens (tertiary/aromatic N) is 1. The summed E-state index contributed by atoms with van der Waals surface area (Å²) in [5, 5.41) is 7.38. The van der Waals surface area contributed by atoms with Crippen molar-refractivity contribution in [3.8, 4) is 3.32 Å². The van der Waals surface area contributed by atoms with E-state index in [1.54, 1.807) is 0 Å². The van der Waals surface area contributed by atoms with E-state index in [0.717, 1.165) is 0 Å². The summed E-state index contributed by atoms with van der Waals surface area (Å²) in [7, 11) is 0. The Morgan fingerprint density at radius 3 is 1.67 bits per heavy atom. The first-order chi connectivity index (χ1) is 2.41. The van der Waals surface area contributed by atoms with Gasteiger partial charge in [-0.1, -0.05) is 0 Å². The maximum absolute atomic E-state index is 7.72. The summed E-state index contributed by atoms with van der Waals surface area (Å²) in [5.74, 6) is 0. The average molecular weight is 123 g/mol. The second-order valence-corrected chi connectivity index (χ2v) is 0.671. The Balaban J connectivity index is -0.0000000275. The minimum atomic E-state index is 0. The summed E-state index contributed by atoms with van der Waals surface area (Å²) in [6.45, 7) is 0. The van der Waals surface area contributed by atoms with Gasteiger partial charge in [-0.15, -0.1) is 0 Å². The van der Waals surface area contributed by atoms with E-state index in [9.17, 15) is 0 Å². The van der Waals surface area contributed by atoms with Crippen molar-refractivity contribution in [1.29, 1.82) is 5.26 Å². The Kier molecular flexibility index (Phi) is 77.1. The van der Waals surface area contributed by atoms with Crippen LogP contribution >= 0.6 is 11.9 Å². The Morgan fingerprint density at radius 2 is 1.67 bits per heavy atom. The van der Waals surface area contributed by atoms with E-state index in [2.05, 4.69) is 11.9 Å². The number of hydrogen-bond acceptors (Lipinski definition) is 2. The van der Waals surface area contributed by atoms with Crippen molar-refractivity contribution in [3.63, 3.8) is 0 Å². The van der Waals surface area contributed by atoms with E-state index in [0.29, 0.717) is 27.9 Å². The van der Waals surface area contributed by atoms with Crippen LogP contribution in [0.3, 0.4) is 0 Å². The molecule has 0 atom stereocenters. The molecule has 0 heterocycles. The van der Waals surface area contributed by atoms with E-state index in [1.165, 1.54) is 0 Å². The molecular weight excluding hydrogens is 123 g/mol. The van der Waals surface area contributed by atoms with Crippen LogP contribution in [0.5, 0.6) is 0 Å². The van der Waals surface area contributed by atoms with Crippen molar-refractivity contribution in [2.45, 2.75) is 0 Å². The summed E-state index contributed by atoms with van der Waals surface area (Å²) in [6, 6.07) is 0. The maximum atomic E-state index is 7.72. The quantitative estimate of drug-likeness (QED) is 0.310. The fourth-order valence-corrected chi connectivity index (χ4v) is 0. The van der Waals surface area contributed by atoms with Gasteiger partial charge in [0.05, 0.1) is 0 Å². The van der Waals surface area contributed by atoms with Gasteiger partial charge in [0.1, 0.15) is 0 Å². The number of rotatable bonds is 0. The Bertz CT molecular complexity index is 35.0. The molecule has 0 fully saturated rings. The zero-order valence-corrected chi connectivity index (χ0v) is 8.49. The summed E-state index contributed by atoms with van der Waals surface area (Å²) in [5.41, 5.74) is 0. The molecule has 0 spiro atoms. The molecule has 0 aromatic heterocycles. The van der Waals surface area contributed by atoms with E-state index < -0.39 is 0 Å². The second kappa shape index (κ2) is 29.6. The molecule has 0 aliphatic heterocycles. The predicted octanol–water partition coefficient (Wildman–Crippen LogP) is -3.86. The van der Waals surface area contributed by atoms with Crippen molar-refractivity contribution in [2.75, 3.05) is 0 Å². The Labute approximate surface area is 81.4 Å². The van der Waals surface area contributed by atoms with Crippen molar-refractivity contribution in [1.82, 2.24) is 0 Å². The molecule has 0 N–H and O–H groups in total. The van der Waals surface area contributed by atoms with Crippen LogP contribution in [0.15, 0.2) is 0 Å². The summed E-state index contributed by atoms with van der Waals surface area (Å²) < 4.78 is 9.61. The van der Waals surface area contributed by atoms with Crippen molar-refractivity contribution in [3.05, 3.63) is 0 Å². The number of nitriles is 1.